The first kappa shape index (κ1) is 39.5. The van der Waals surface area contributed by atoms with Gasteiger partial charge < -0.3 is 9.47 Å². The highest BCUT2D eigenvalue weighted by atomic mass is 16.5. The monoisotopic (exact) mass is 655 g/mol. The summed E-state index contributed by atoms with van der Waals surface area (Å²) in [5, 5.41) is 0. The van der Waals surface area contributed by atoms with Crippen molar-refractivity contribution < 1.29 is 14.3 Å². The number of carbonyl (C=O) groups excluding carboxylic acids is 1. The molecule has 264 valence electrons. The third kappa shape index (κ3) is 15.1. The van der Waals surface area contributed by atoms with Crippen molar-refractivity contribution in [3.05, 3.63) is 89.5 Å². The second-order valence-corrected chi connectivity index (χ2v) is 13.9. The predicted molar refractivity (Wildman–Crippen MR) is 205 cm³/mol. The van der Waals surface area contributed by atoms with Crippen LogP contribution in [0.15, 0.2) is 72.8 Å². The van der Waals surface area contributed by atoms with Gasteiger partial charge in [-0.05, 0) is 78.6 Å². The van der Waals surface area contributed by atoms with Gasteiger partial charge in [-0.25, -0.2) is 4.79 Å². The van der Waals surface area contributed by atoms with Crippen LogP contribution in [0.25, 0.3) is 11.1 Å². The van der Waals surface area contributed by atoms with Crippen LogP contribution in [0, 0.1) is 0 Å². The lowest BCUT2D eigenvalue weighted by atomic mass is 9.92. The summed E-state index contributed by atoms with van der Waals surface area (Å²) in [5.41, 5.74) is 5.25. The zero-order chi connectivity index (χ0) is 34.2. The highest BCUT2D eigenvalue weighted by molar-refractivity contribution is 5.91. The number of unbranched alkanes of at least 4 members (excludes halogenated alkanes) is 15. The largest absolute Gasteiger partial charge is 0.423 e. The van der Waals surface area contributed by atoms with Crippen LogP contribution in [0.1, 0.15) is 183 Å². The minimum Gasteiger partial charge on any atom is -0.423 e. The first-order valence-electron chi connectivity index (χ1n) is 19.7. The Hall–Kier alpha value is -2.91. The Morgan fingerprint density at radius 1 is 0.542 bits per heavy atom. The van der Waals surface area contributed by atoms with Gasteiger partial charge in [0.15, 0.2) is 0 Å². The van der Waals surface area contributed by atoms with Crippen LogP contribution in [-0.4, -0.2) is 12.6 Å². The molecule has 0 aliphatic carbocycles. The van der Waals surface area contributed by atoms with Crippen molar-refractivity contribution in [2.24, 2.45) is 0 Å². The highest BCUT2D eigenvalue weighted by Crippen LogP contribution is 2.28. The Labute approximate surface area is 294 Å². The van der Waals surface area contributed by atoms with Crippen molar-refractivity contribution in [1.82, 2.24) is 0 Å². The number of esters is 1. The third-order valence-electron chi connectivity index (χ3n) is 9.89. The minimum atomic E-state index is -0.333. The molecular formula is C45H66O3. The molecule has 0 fully saturated rings. The Bertz CT molecular complexity index is 1230. The molecule has 0 aliphatic rings. The fourth-order valence-electron chi connectivity index (χ4n) is 6.68. The summed E-state index contributed by atoms with van der Waals surface area (Å²) in [6, 6.07) is 24.3. The molecule has 3 rings (SSSR count). The van der Waals surface area contributed by atoms with E-state index < -0.39 is 0 Å². The van der Waals surface area contributed by atoms with Gasteiger partial charge in [-0.15, -0.1) is 0 Å². The van der Waals surface area contributed by atoms with E-state index in [0.717, 1.165) is 30.6 Å². The quantitative estimate of drug-likeness (QED) is 0.0491. The molecule has 2 atom stereocenters. The summed E-state index contributed by atoms with van der Waals surface area (Å²) < 4.78 is 11.8. The van der Waals surface area contributed by atoms with Gasteiger partial charge in [0.05, 0.1) is 11.7 Å². The van der Waals surface area contributed by atoms with E-state index in [0.29, 0.717) is 17.2 Å². The summed E-state index contributed by atoms with van der Waals surface area (Å²) >= 11 is 0. The van der Waals surface area contributed by atoms with Gasteiger partial charge in [0, 0.05) is 6.61 Å². The SMILES string of the molecule is CCCCCCCCCCCCCCCCCCOC(C)c1ccc(-c2ccc(C(=O)Oc3ccc(C(CC)CCC)cc3)cc2)cc1. The number of hydrogen-bond donors (Lipinski definition) is 0. The predicted octanol–water partition coefficient (Wildman–Crippen LogP) is 14.2. The molecule has 0 bridgehead atoms. The lowest BCUT2D eigenvalue weighted by molar-refractivity contribution is 0.0627. The first-order valence-corrected chi connectivity index (χ1v) is 19.7. The third-order valence-corrected chi connectivity index (χ3v) is 9.89. The molecule has 0 saturated carbocycles. The van der Waals surface area contributed by atoms with Crippen LogP contribution in [-0.2, 0) is 4.74 Å². The molecule has 0 saturated heterocycles. The number of benzene rings is 3. The fraction of sp³-hybridized carbons (Fsp3) is 0.578. The zero-order valence-electron chi connectivity index (χ0n) is 30.9. The average Bonchev–Trinajstić information content (AvgIpc) is 3.12. The number of ether oxygens (including phenoxy) is 2. The van der Waals surface area contributed by atoms with E-state index in [1.165, 1.54) is 120 Å². The molecule has 3 aromatic carbocycles. The smallest absolute Gasteiger partial charge is 0.343 e. The van der Waals surface area contributed by atoms with Gasteiger partial charge in [0.25, 0.3) is 0 Å². The number of hydrogen-bond acceptors (Lipinski definition) is 3. The standard InChI is InChI=1S/C45H66O3/c1-5-8-9-10-11-12-13-14-15-16-17-18-19-20-21-22-36-47-37(4)39-24-26-41(27-25-39)42-28-30-43(31-29-42)45(46)48-44-34-32-40(33-35-44)38(7-3)23-6-2/h24-35,37-38H,5-23,36H2,1-4H3. The average molecular weight is 655 g/mol. The lowest BCUT2D eigenvalue weighted by Gasteiger charge is -2.15. The summed E-state index contributed by atoms with van der Waals surface area (Å²) in [6.45, 7) is 9.70. The zero-order valence-corrected chi connectivity index (χ0v) is 30.9. The molecule has 0 radical (unpaired) electrons. The summed E-state index contributed by atoms with van der Waals surface area (Å²) in [7, 11) is 0. The molecule has 0 amide bonds. The van der Waals surface area contributed by atoms with Crippen molar-refractivity contribution >= 4 is 5.97 Å². The molecule has 0 aliphatic heterocycles. The van der Waals surface area contributed by atoms with Gasteiger partial charge in [-0.1, -0.05) is 172 Å². The maximum Gasteiger partial charge on any atom is 0.343 e. The molecule has 0 N–H and O–H groups in total. The van der Waals surface area contributed by atoms with Crippen LogP contribution in [0.4, 0.5) is 0 Å². The van der Waals surface area contributed by atoms with E-state index in [9.17, 15) is 4.79 Å². The molecule has 3 nitrogen and oxygen atoms in total. The summed E-state index contributed by atoms with van der Waals surface area (Å²) in [5.74, 6) is 0.812. The van der Waals surface area contributed by atoms with Crippen LogP contribution in [0.2, 0.25) is 0 Å². The van der Waals surface area contributed by atoms with E-state index in [4.69, 9.17) is 9.47 Å². The molecular weight excluding hydrogens is 588 g/mol. The second kappa shape index (κ2) is 24.3. The van der Waals surface area contributed by atoms with Crippen molar-refractivity contribution in [2.45, 2.75) is 162 Å². The van der Waals surface area contributed by atoms with Gasteiger partial charge in [-0.2, -0.15) is 0 Å². The molecule has 2 unspecified atom stereocenters. The molecule has 3 heteroatoms. The van der Waals surface area contributed by atoms with E-state index >= 15 is 0 Å². The van der Waals surface area contributed by atoms with Crippen molar-refractivity contribution in [2.75, 3.05) is 6.61 Å². The Balaban J connectivity index is 1.27. The van der Waals surface area contributed by atoms with E-state index in [1.807, 2.05) is 36.4 Å². The number of carbonyl (C=O) groups is 1. The second-order valence-electron chi connectivity index (χ2n) is 13.9. The highest BCUT2D eigenvalue weighted by Gasteiger charge is 2.12. The number of rotatable bonds is 26. The van der Waals surface area contributed by atoms with Crippen molar-refractivity contribution in [3.8, 4) is 16.9 Å². The first-order chi connectivity index (χ1) is 23.5. The lowest BCUT2D eigenvalue weighted by Crippen LogP contribution is -2.08. The molecule has 3 aromatic rings. The molecule has 0 heterocycles. The van der Waals surface area contributed by atoms with Gasteiger partial charge in [-0.3, -0.25) is 0 Å². The van der Waals surface area contributed by atoms with Crippen molar-refractivity contribution in [1.29, 1.82) is 0 Å². The van der Waals surface area contributed by atoms with Crippen LogP contribution < -0.4 is 4.74 Å². The molecule has 48 heavy (non-hydrogen) atoms. The molecule has 0 aromatic heterocycles. The van der Waals surface area contributed by atoms with E-state index in [2.05, 4.69) is 64.1 Å². The minimum absolute atomic E-state index is 0.0844. The van der Waals surface area contributed by atoms with Crippen LogP contribution in [0.5, 0.6) is 5.75 Å². The van der Waals surface area contributed by atoms with Crippen LogP contribution in [0.3, 0.4) is 0 Å². The van der Waals surface area contributed by atoms with E-state index in [-0.39, 0.29) is 12.1 Å². The van der Waals surface area contributed by atoms with Gasteiger partial charge in [0.2, 0.25) is 0 Å². The van der Waals surface area contributed by atoms with Crippen molar-refractivity contribution in [3.63, 3.8) is 0 Å². The van der Waals surface area contributed by atoms with Gasteiger partial charge >= 0.3 is 5.97 Å². The topological polar surface area (TPSA) is 35.5 Å². The van der Waals surface area contributed by atoms with Crippen LogP contribution >= 0.6 is 0 Å². The Morgan fingerprint density at radius 3 is 1.48 bits per heavy atom. The maximum absolute atomic E-state index is 12.8. The Morgan fingerprint density at radius 2 is 1.00 bits per heavy atom. The fourth-order valence-corrected chi connectivity index (χ4v) is 6.68. The van der Waals surface area contributed by atoms with Gasteiger partial charge in [0.1, 0.15) is 5.75 Å². The maximum atomic E-state index is 12.8. The van der Waals surface area contributed by atoms with E-state index in [1.54, 1.807) is 0 Å². The summed E-state index contributed by atoms with van der Waals surface area (Å²) in [4.78, 5) is 12.8. The molecule has 0 spiro atoms. The normalized spacial score (nSPS) is 12.6. The Kier molecular flexibility index (Phi) is 20.0. The summed E-state index contributed by atoms with van der Waals surface area (Å²) in [6.07, 6.45) is 25.7.